The van der Waals surface area contributed by atoms with Gasteiger partial charge in [-0.25, -0.2) is 0 Å². The highest BCUT2D eigenvalue weighted by molar-refractivity contribution is 5.82. The average molecular weight is 449 g/mol. The quantitative estimate of drug-likeness (QED) is 0.640. The van der Waals surface area contributed by atoms with Crippen LogP contribution in [0.25, 0.3) is 5.69 Å². The lowest BCUT2D eigenvalue weighted by Crippen LogP contribution is -2.35. The van der Waals surface area contributed by atoms with Crippen LogP contribution in [0, 0.1) is 13.8 Å². The fraction of sp³-hybridized carbons (Fsp3) is 0.417. The number of benzene rings is 2. The molecule has 1 unspecified atom stereocenters. The highest BCUT2D eigenvalue weighted by atomic mass is 16.5. The van der Waals surface area contributed by atoms with Crippen molar-refractivity contribution in [2.45, 2.75) is 39.2 Å². The molecular weight excluding hydrogens is 420 g/mol. The molecule has 5 rings (SSSR count). The van der Waals surface area contributed by atoms with Gasteiger partial charge in [0.15, 0.2) is 17.3 Å². The smallest absolute Gasteiger partial charge is 0.242 e. The second kappa shape index (κ2) is 9.09. The molecule has 2 aromatic carbocycles. The predicted molar refractivity (Wildman–Crippen MR) is 123 cm³/mol. The summed E-state index contributed by atoms with van der Waals surface area (Å²) in [6.45, 7) is 6.16. The van der Waals surface area contributed by atoms with E-state index in [0.29, 0.717) is 19.0 Å². The van der Waals surface area contributed by atoms with Crippen LogP contribution in [-0.4, -0.2) is 57.3 Å². The molecule has 2 aliphatic heterocycles. The van der Waals surface area contributed by atoms with Crippen LogP contribution >= 0.6 is 0 Å². The second-order valence-electron chi connectivity index (χ2n) is 8.49. The number of carbonyl (C=O) groups is 1. The third-order valence-corrected chi connectivity index (χ3v) is 6.24. The van der Waals surface area contributed by atoms with E-state index in [4.69, 9.17) is 9.47 Å². The first-order valence-electron chi connectivity index (χ1n) is 11.4. The molecule has 0 radical (unpaired) electrons. The molecule has 33 heavy (non-hydrogen) atoms. The lowest BCUT2D eigenvalue weighted by Gasteiger charge is -2.26. The molecule has 1 atom stereocenters. The van der Waals surface area contributed by atoms with Gasteiger partial charge in [0.25, 0.3) is 0 Å². The molecule has 3 heterocycles. The van der Waals surface area contributed by atoms with Crippen molar-refractivity contribution in [3.8, 4) is 17.2 Å². The molecule has 1 aromatic heterocycles. The van der Waals surface area contributed by atoms with E-state index in [0.717, 1.165) is 59.8 Å². The fourth-order valence-electron chi connectivity index (χ4n) is 4.48. The lowest BCUT2D eigenvalue weighted by atomic mass is 10.0. The number of rotatable bonds is 5. The van der Waals surface area contributed by atoms with Crippen molar-refractivity contribution < 1.29 is 14.3 Å². The number of carbonyl (C=O) groups excluding carboxylic acids is 1. The van der Waals surface area contributed by atoms with Gasteiger partial charge in [0.1, 0.15) is 0 Å². The number of ether oxygens (including phenoxy) is 2. The van der Waals surface area contributed by atoms with Crippen LogP contribution in [0.2, 0.25) is 0 Å². The molecule has 0 spiro atoms. The topological polar surface area (TPSA) is 94.4 Å². The van der Waals surface area contributed by atoms with Crippen LogP contribution in [0.5, 0.6) is 11.5 Å². The Labute approximate surface area is 192 Å². The molecule has 1 fully saturated rings. The minimum absolute atomic E-state index is 0.0499. The van der Waals surface area contributed by atoms with Crippen molar-refractivity contribution in [1.82, 2.24) is 25.1 Å². The van der Waals surface area contributed by atoms with Crippen LogP contribution in [0.4, 0.5) is 5.69 Å². The summed E-state index contributed by atoms with van der Waals surface area (Å²) in [5.74, 6) is 2.33. The molecule has 0 saturated carbocycles. The van der Waals surface area contributed by atoms with Crippen molar-refractivity contribution in [2.24, 2.45) is 0 Å². The zero-order valence-corrected chi connectivity index (χ0v) is 19.0. The van der Waals surface area contributed by atoms with E-state index in [-0.39, 0.29) is 18.5 Å². The van der Waals surface area contributed by atoms with Gasteiger partial charge in [-0.2, -0.15) is 4.68 Å². The van der Waals surface area contributed by atoms with E-state index in [1.54, 1.807) is 4.68 Å². The van der Waals surface area contributed by atoms with E-state index < -0.39 is 0 Å². The van der Waals surface area contributed by atoms with Gasteiger partial charge in [0.05, 0.1) is 31.5 Å². The Balaban J connectivity index is 1.28. The molecule has 9 heteroatoms. The van der Waals surface area contributed by atoms with E-state index >= 15 is 0 Å². The predicted octanol–water partition coefficient (Wildman–Crippen LogP) is 3.22. The van der Waals surface area contributed by atoms with Crippen molar-refractivity contribution >= 4 is 11.6 Å². The van der Waals surface area contributed by atoms with Crippen molar-refractivity contribution in [3.63, 3.8) is 0 Å². The number of fused-ring (bicyclic) bond motifs is 1. The van der Waals surface area contributed by atoms with Gasteiger partial charge >= 0.3 is 0 Å². The molecule has 0 bridgehead atoms. The zero-order chi connectivity index (χ0) is 22.8. The first kappa shape index (κ1) is 21.2. The van der Waals surface area contributed by atoms with Crippen molar-refractivity contribution in [2.75, 3.05) is 31.6 Å². The van der Waals surface area contributed by atoms with Gasteiger partial charge in [-0.1, -0.05) is 12.1 Å². The van der Waals surface area contributed by atoms with Crippen LogP contribution < -0.4 is 14.8 Å². The fourth-order valence-corrected chi connectivity index (χ4v) is 4.48. The summed E-state index contributed by atoms with van der Waals surface area (Å²) < 4.78 is 13.3. The number of amides is 1. The Bertz CT molecular complexity index is 1160. The number of nitrogens with zero attached hydrogens (tertiary/aromatic N) is 5. The summed E-state index contributed by atoms with van der Waals surface area (Å²) in [4.78, 5) is 15.1. The summed E-state index contributed by atoms with van der Waals surface area (Å²) in [7, 11) is 0. The normalized spacial score (nSPS) is 17.6. The van der Waals surface area contributed by atoms with Crippen LogP contribution in [0.1, 0.15) is 42.3 Å². The number of hydrogen-bond acceptors (Lipinski definition) is 7. The standard InChI is InChI=1S/C24H28N6O3/c1-16-6-8-19(14-21(16)30-17(2)26-27-28-30)25-15-24(31)29-10-3-5-20(29)18-7-9-22-23(13-18)33-12-4-11-32-22/h6-9,13-14,20,25H,3-5,10-12,15H2,1-2H3. The Morgan fingerprint density at radius 1 is 1.09 bits per heavy atom. The summed E-state index contributed by atoms with van der Waals surface area (Å²) in [6.07, 6.45) is 2.80. The highest BCUT2D eigenvalue weighted by Crippen LogP contribution is 2.38. The second-order valence-corrected chi connectivity index (χ2v) is 8.49. The molecular formula is C24H28N6O3. The van der Waals surface area contributed by atoms with Gasteiger partial charge in [0.2, 0.25) is 5.91 Å². The van der Waals surface area contributed by atoms with Gasteiger partial charge in [-0.05, 0) is 72.5 Å². The van der Waals surface area contributed by atoms with E-state index in [2.05, 4.69) is 26.9 Å². The molecule has 0 aliphatic carbocycles. The van der Waals surface area contributed by atoms with Gasteiger partial charge in [-0.3, -0.25) is 4.79 Å². The maximum Gasteiger partial charge on any atom is 0.242 e. The number of hydrogen-bond donors (Lipinski definition) is 1. The van der Waals surface area contributed by atoms with Gasteiger partial charge in [0, 0.05) is 18.7 Å². The van der Waals surface area contributed by atoms with Crippen LogP contribution in [0.15, 0.2) is 36.4 Å². The minimum Gasteiger partial charge on any atom is -0.490 e. The maximum atomic E-state index is 13.2. The summed E-state index contributed by atoms with van der Waals surface area (Å²) >= 11 is 0. The third kappa shape index (κ3) is 4.35. The molecule has 3 aromatic rings. The molecule has 9 nitrogen and oxygen atoms in total. The Hall–Kier alpha value is -3.62. The summed E-state index contributed by atoms with van der Waals surface area (Å²) in [5.41, 5.74) is 3.89. The number of tetrazole rings is 1. The summed E-state index contributed by atoms with van der Waals surface area (Å²) in [6, 6.07) is 12.0. The van der Waals surface area contributed by atoms with Crippen molar-refractivity contribution in [1.29, 1.82) is 0 Å². The van der Waals surface area contributed by atoms with E-state index in [1.807, 2.05) is 49.1 Å². The number of anilines is 1. The van der Waals surface area contributed by atoms with E-state index in [9.17, 15) is 4.79 Å². The first-order valence-corrected chi connectivity index (χ1v) is 11.4. The Morgan fingerprint density at radius 3 is 2.76 bits per heavy atom. The molecule has 1 amide bonds. The largest absolute Gasteiger partial charge is 0.490 e. The van der Waals surface area contributed by atoms with Crippen LogP contribution in [0.3, 0.4) is 0 Å². The van der Waals surface area contributed by atoms with Crippen LogP contribution in [-0.2, 0) is 4.79 Å². The van der Waals surface area contributed by atoms with Gasteiger partial charge in [-0.15, -0.1) is 5.10 Å². The summed E-state index contributed by atoms with van der Waals surface area (Å²) in [5, 5.41) is 15.0. The average Bonchev–Trinajstić information content (AvgIpc) is 3.41. The number of likely N-dealkylation sites (tertiary alicyclic amines) is 1. The Morgan fingerprint density at radius 2 is 1.94 bits per heavy atom. The highest BCUT2D eigenvalue weighted by Gasteiger charge is 2.30. The van der Waals surface area contributed by atoms with Crippen molar-refractivity contribution in [3.05, 3.63) is 53.3 Å². The molecule has 1 N–H and O–H groups in total. The molecule has 2 aliphatic rings. The molecule has 1 saturated heterocycles. The monoisotopic (exact) mass is 448 g/mol. The number of aromatic nitrogens is 4. The van der Waals surface area contributed by atoms with E-state index in [1.165, 1.54) is 0 Å². The maximum absolute atomic E-state index is 13.2. The number of nitrogens with one attached hydrogen (secondary N) is 1. The van der Waals surface area contributed by atoms with Gasteiger partial charge < -0.3 is 19.7 Å². The molecule has 172 valence electrons. The minimum atomic E-state index is 0.0499. The SMILES string of the molecule is Cc1ccc(NCC(=O)N2CCCC2c2ccc3c(c2)OCCCO3)cc1-n1nnnc1C. The third-order valence-electron chi connectivity index (χ3n) is 6.24. The Kier molecular flexibility index (Phi) is 5.85. The zero-order valence-electron chi connectivity index (χ0n) is 19.0. The first-order chi connectivity index (χ1) is 16.1. The lowest BCUT2D eigenvalue weighted by molar-refractivity contribution is -0.130. The number of aryl methyl sites for hydroxylation is 2.